The summed E-state index contributed by atoms with van der Waals surface area (Å²) in [5, 5.41) is 8.96. The second-order valence-electron chi connectivity index (χ2n) is 4.57. The number of hydrogen-bond donors (Lipinski definition) is 2. The van der Waals surface area contributed by atoms with E-state index < -0.39 is 23.8 Å². The van der Waals surface area contributed by atoms with Crippen molar-refractivity contribution in [2.45, 2.75) is 26.7 Å². The second kappa shape index (κ2) is 6.78. The highest BCUT2D eigenvalue weighted by Gasteiger charge is 2.24. The summed E-state index contributed by atoms with van der Waals surface area (Å²) < 4.78 is 5.17. The Hall–Kier alpha value is -2.04. The Bertz CT molecular complexity index is 441. The van der Waals surface area contributed by atoms with Crippen LogP contribution in [0.1, 0.15) is 26.7 Å². The fourth-order valence-corrected chi connectivity index (χ4v) is 1.72. The van der Waals surface area contributed by atoms with Crippen LogP contribution < -0.4 is 10.5 Å². The zero-order chi connectivity index (χ0) is 14.4. The van der Waals surface area contributed by atoms with Crippen LogP contribution in [-0.4, -0.2) is 17.0 Å². The number of nitrogen functional groups attached to an aromatic ring is 1. The Morgan fingerprint density at radius 1 is 1.32 bits per heavy atom. The van der Waals surface area contributed by atoms with Gasteiger partial charge in [0.2, 0.25) is 0 Å². The van der Waals surface area contributed by atoms with Crippen LogP contribution in [0, 0.1) is 11.8 Å². The molecule has 2 atom stereocenters. The Morgan fingerprint density at radius 2 is 1.89 bits per heavy atom. The van der Waals surface area contributed by atoms with E-state index in [-0.39, 0.29) is 6.42 Å². The smallest absolute Gasteiger partial charge is 0.314 e. The van der Waals surface area contributed by atoms with Crippen LogP contribution in [0.5, 0.6) is 5.75 Å². The predicted octanol–water partition coefficient (Wildman–Crippen LogP) is 2.31. The van der Waals surface area contributed by atoms with Crippen molar-refractivity contribution < 1.29 is 19.4 Å². The zero-order valence-electron chi connectivity index (χ0n) is 11.1. The van der Waals surface area contributed by atoms with E-state index in [2.05, 4.69) is 0 Å². The first-order chi connectivity index (χ1) is 8.93. The van der Waals surface area contributed by atoms with Crippen molar-refractivity contribution in [1.29, 1.82) is 0 Å². The Kier molecular flexibility index (Phi) is 5.36. The molecule has 5 heteroatoms. The zero-order valence-corrected chi connectivity index (χ0v) is 11.1. The van der Waals surface area contributed by atoms with Crippen LogP contribution in [0.25, 0.3) is 0 Å². The third-order valence-corrected chi connectivity index (χ3v) is 2.98. The minimum absolute atomic E-state index is 0.277. The molecular formula is C14H19NO4. The molecule has 0 spiro atoms. The lowest BCUT2D eigenvalue weighted by Gasteiger charge is -2.15. The fraction of sp³-hybridized carbons (Fsp3) is 0.429. The number of carboxylic acid groups (broad SMARTS) is 1. The van der Waals surface area contributed by atoms with Crippen LogP contribution in [0.4, 0.5) is 5.69 Å². The summed E-state index contributed by atoms with van der Waals surface area (Å²) in [6.07, 6.45) is 0.772. The molecule has 1 aromatic carbocycles. The van der Waals surface area contributed by atoms with Gasteiger partial charge in [-0.15, -0.1) is 0 Å². The molecule has 3 N–H and O–H groups in total. The third-order valence-electron chi connectivity index (χ3n) is 2.98. The number of hydrogen-bond acceptors (Lipinski definition) is 4. The summed E-state index contributed by atoms with van der Waals surface area (Å²) in [4.78, 5) is 22.7. The molecule has 0 aromatic heterocycles. The molecule has 5 nitrogen and oxygen atoms in total. The number of carbonyl (C=O) groups excluding carboxylic acids is 1. The molecule has 0 saturated carbocycles. The van der Waals surface area contributed by atoms with Gasteiger partial charge in [0.15, 0.2) is 0 Å². The maximum Gasteiger partial charge on any atom is 0.314 e. The molecule has 0 fully saturated rings. The van der Waals surface area contributed by atoms with Crippen LogP contribution in [0.15, 0.2) is 24.3 Å². The molecule has 1 aromatic rings. The molecule has 0 aliphatic heterocycles. The molecule has 0 aliphatic carbocycles. The molecule has 2 unspecified atom stereocenters. The lowest BCUT2D eigenvalue weighted by Crippen LogP contribution is -2.24. The maximum atomic E-state index is 11.8. The standard InChI is InChI=1S/C14H19NO4/c1-3-10(13(16)17)8-9(2)14(18)19-12-6-4-11(15)5-7-12/h4-7,9-10H,3,8,15H2,1-2H3,(H,16,17). The summed E-state index contributed by atoms with van der Waals surface area (Å²) >= 11 is 0. The number of nitrogens with two attached hydrogens (primary N) is 1. The molecule has 19 heavy (non-hydrogen) atoms. The molecule has 0 saturated heterocycles. The Morgan fingerprint density at radius 3 is 2.37 bits per heavy atom. The van der Waals surface area contributed by atoms with E-state index in [1.165, 1.54) is 0 Å². The van der Waals surface area contributed by atoms with Gasteiger partial charge in [0, 0.05) is 5.69 Å². The van der Waals surface area contributed by atoms with Gasteiger partial charge < -0.3 is 15.6 Å². The minimum Gasteiger partial charge on any atom is -0.481 e. The normalized spacial score (nSPS) is 13.6. The van der Waals surface area contributed by atoms with Gasteiger partial charge in [0.25, 0.3) is 0 Å². The Balaban J connectivity index is 2.57. The van der Waals surface area contributed by atoms with E-state index in [0.717, 1.165) is 0 Å². The van der Waals surface area contributed by atoms with Gasteiger partial charge in [-0.3, -0.25) is 9.59 Å². The topological polar surface area (TPSA) is 89.6 Å². The van der Waals surface area contributed by atoms with E-state index in [1.54, 1.807) is 38.1 Å². The number of anilines is 1. The molecule has 0 radical (unpaired) electrons. The predicted molar refractivity (Wildman–Crippen MR) is 71.7 cm³/mol. The van der Waals surface area contributed by atoms with Gasteiger partial charge in [-0.2, -0.15) is 0 Å². The molecule has 0 amide bonds. The average Bonchev–Trinajstić information content (AvgIpc) is 2.37. The summed E-state index contributed by atoms with van der Waals surface area (Å²) in [5.74, 6) is -1.87. The summed E-state index contributed by atoms with van der Waals surface area (Å²) in [5.41, 5.74) is 6.12. The average molecular weight is 265 g/mol. The highest BCUT2D eigenvalue weighted by molar-refractivity contribution is 5.76. The van der Waals surface area contributed by atoms with Gasteiger partial charge >= 0.3 is 11.9 Å². The minimum atomic E-state index is -0.880. The number of benzene rings is 1. The van der Waals surface area contributed by atoms with Gasteiger partial charge in [0.05, 0.1) is 11.8 Å². The molecule has 1 rings (SSSR count). The SMILES string of the molecule is CCC(CC(C)C(=O)Oc1ccc(N)cc1)C(=O)O. The number of esters is 1. The van der Waals surface area contributed by atoms with E-state index in [1.807, 2.05) is 0 Å². The van der Waals surface area contributed by atoms with Crippen LogP contribution in [0.2, 0.25) is 0 Å². The van der Waals surface area contributed by atoms with Crippen molar-refractivity contribution in [2.75, 3.05) is 5.73 Å². The van der Waals surface area contributed by atoms with Gasteiger partial charge in [-0.25, -0.2) is 0 Å². The first-order valence-electron chi connectivity index (χ1n) is 6.24. The van der Waals surface area contributed by atoms with E-state index in [4.69, 9.17) is 15.6 Å². The molecule has 0 aliphatic rings. The van der Waals surface area contributed by atoms with Crippen molar-refractivity contribution in [3.05, 3.63) is 24.3 Å². The largest absolute Gasteiger partial charge is 0.481 e. The van der Waals surface area contributed by atoms with Crippen molar-refractivity contribution in [2.24, 2.45) is 11.8 Å². The molecule has 0 bridgehead atoms. The third kappa shape index (κ3) is 4.62. The van der Waals surface area contributed by atoms with Gasteiger partial charge in [0.1, 0.15) is 5.75 Å². The second-order valence-corrected chi connectivity index (χ2v) is 4.57. The number of ether oxygens (including phenoxy) is 1. The van der Waals surface area contributed by atoms with Crippen molar-refractivity contribution >= 4 is 17.6 Å². The first kappa shape index (κ1) is 15.0. The van der Waals surface area contributed by atoms with Crippen molar-refractivity contribution in [3.8, 4) is 5.75 Å². The van der Waals surface area contributed by atoms with Crippen LogP contribution >= 0.6 is 0 Å². The number of aliphatic carboxylic acids is 1. The summed E-state index contributed by atoms with van der Waals surface area (Å²) in [6.45, 7) is 3.46. The van der Waals surface area contributed by atoms with Crippen molar-refractivity contribution in [1.82, 2.24) is 0 Å². The first-order valence-corrected chi connectivity index (χ1v) is 6.24. The molecule has 104 valence electrons. The number of rotatable bonds is 6. The molecule has 0 heterocycles. The lowest BCUT2D eigenvalue weighted by atomic mass is 9.94. The van der Waals surface area contributed by atoms with E-state index in [9.17, 15) is 9.59 Å². The number of carboxylic acids is 1. The van der Waals surface area contributed by atoms with Gasteiger partial charge in [-0.05, 0) is 37.1 Å². The van der Waals surface area contributed by atoms with Crippen LogP contribution in [-0.2, 0) is 9.59 Å². The van der Waals surface area contributed by atoms with Crippen molar-refractivity contribution in [3.63, 3.8) is 0 Å². The monoisotopic (exact) mass is 265 g/mol. The lowest BCUT2D eigenvalue weighted by molar-refractivity contribution is -0.144. The number of carbonyl (C=O) groups is 2. The van der Waals surface area contributed by atoms with Gasteiger partial charge in [-0.1, -0.05) is 13.8 Å². The van der Waals surface area contributed by atoms with E-state index in [0.29, 0.717) is 17.9 Å². The fourth-order valence-electron chi connectivity index (χ4n) is 1.72. The quantitative estimate of drug-likeness (QED) is 0.468. The summed E-state index contributed by atoms with van der Waals surface area (Å²) in [6, 6.07) is 6.49. The molecular weight excluding hydrogens is 246 g/mol. The van der Waals surface area contributed by atoms with E-state index >= 15 is 0 Å². The summed E-state index contributed by atoms with van der Waals surface area (Å²) in [7, 11) is 0. The Labute approximate surface area is 112 Å². The highest BCUT2D eigenvalue weighted by atomic mass is 16.5. The highest BCUT2D eigenvalue weighted by Crippen LogP contribution is 2.19. The maximum absolute atomic E-state index is 11.8. The van der Waals surface area contributed by atoms with Crippen LogP contribution in [0.3, 0.4) is 0 Å².